The number of halogens is 3. The molecule has 11 heteroatoms. The molecule has 33 heavy (non-hydrogen) atoms. The van der Waals surface area contributed by atoms with Crippen LogP contribution in [0.1, 0.15) is 10.4 Å². The number of carbonyl (C=O) groups excluding carboxylic acids is 1. The SMILES string of the molecule is COc1cc(-n2cccc2)c(Cl)cc1C(=O)N1CCN(S(=O)(=O)c2cc(F)ccc2F)CC1. The van der Waals surface area contributed by atoms with Crippen LogP contribution in [0.3, 0.4) is 0 Å². The van der Waals surface area contributed by atoms with Gasteiger partial charge in [0, 0.05) is 44.6 Å². The quantitative estimate of drug-likeness (QED) is 0.542. The number of methoxy groups -OCH3 is 1. The van der Waals surface area contributed by atoms with Crippen molar-refractivity contribution in [1.29, 1.82) is 0 Å². The highest BCUT2D eigenvalue weighted by atomic mass is 35.5. The highest BCUT2D eigenvalue weighted by Gasteiger charge is 2.33. The van der Waals surface area contributed by atoms with Crippen LogP contribution in [0.2, 0.25) is 5.02 Å². The zero-order chi connectivity index (χ0) is 23.8. The van der Waals surface area contributed by atoms with E-state index in [1.807, 2.05) is 24.5 Å². The summed E-state index contributed by atoms with van der Waals surface area (Å²) in [5.74, 6) is -1.93. The van der Waals surface area contributed by atoms with Crippen LogP contribution in [-0.2, 0) is 10.0 Å². The molecule has 1 amide bonds. The molecule has 0 aliphatic carbocycles. The first-order valence-corrected chi connectivity index (χ1v) is 11.8. The van der Waals surface area contributed by atoms with Crippen LogP contribution >= 0.6 is 11.6 Å². The molecule has 2 heterocycles. The maximum absolute atomic E-state index is 14.0. The van der Waals surface area contributed by atoms with E-state index >= 15 is 0 Å². The minimum absolute atomic E-state index is 0.0646. The molecule has 3 aromatic rings. The number of sulfonamides is 1. The van der Waals surface area contributed by atoms with Crippen molar-refractivity contribution >= 4 is 27.5 Å². The van der Waals surface area contributed by atoms with Crippen LogP contribution in [0.25, 0.3) is 5.69 Å². The first kappa shape index (κ1) is 23.2. The van der Waals surface area contributed by atoms with Crippen molar-refractivity contribution in [2.75, 3.05) is 33.3 Å². The lowest BCUT2D eigenvalue weighted by Gasteiger charge is -2.34. The molecule has 7 nitrogen and oxygen atoms in total. The average Bonchev–Trinajstić information content (AvgIpc) is 3.34. The van der Waals surface area contributed by atoms with Gasteiger partial charge in [0.25, 0.3) is 5.91 Å². The molecule has 174 valence electrons. The lowest BCUT2D eigenvalue weighted by atomic mass is 10.1. The van der Waals surface area contributed by atoms with E-state index in [2.05, 4.69) is 0 Å². The molecule has 0 N–H and O–H groups in total. The Kier molecular flexibility index (Phi) is 6.42. The van der Waals surface area contributed by atoms with E-state index < -0.39 is 26.6 Å². The van der Waals surface area contributed by atoms with Crippen LogP contribution < -0.4 is 4.74 Å². The Morgan fingerprint density at radius 1 is 1.03 bits per heavy atom. The third kappa shape index (κ3) is 4.46. The predicted octanol–water partition coefficient (Wildman–Crippen LogP) is 3.56. The molecule has 4 rings (SSSR count). The molecule has 1 fully saturated rings. The third-order valence-electron chi connectivity index (χ3n) is 5.42. The molecule has 0 saturated carbocycles. The number of hydrogen-bond acceptors (Lipinski definition) is 4. The highest BCUT2D eigenvalue weighted by molar-refractivity contribution is 7.89. The molecule has 0 spiro atoms. The summed E-state index contributed by atoms with van der Waals surface area (Å²) in [5.41, 5.74) is 0.883. The van der Waals surface area contributed by atoms with E-state index in [0.29, 0.717) is 22.5 Å². The first-order chi connectivity index (χ1) is 15.7. The van der Waals surface area contributed by atoms with Crippen LogP contribution in [0, 0.1) is 11.6 Å². The smallest absolute Gasteiger partial charge is 0.257 e. The number of benzene rings is 2. The van der Waals surface area contributed by atoms with Crippen molar-refractivity contribution < 1.29 is 26.7 Å². The zero-order valence-electron chi connectivity index (χ0n) is 17.5. The van der Waals surface area contributed by atoms with Crippen LogP contribution in [0.5, 0.6) is 5.75 Å². The Balaban J connectivity index is 1.53. The normalized spacial score (nSPS) is 15.0. The minimum Gasteiger partial charge on any atom is -0.496 e. The van der Waals surface area contributed by atoms with Gasteiger partial charge in [-0.3, -0.25) is 4.79 Å². The molecular weight excluding hydrogens is 476 g/mol. The number of piperazine rings is 1. The summed E-state index contributed by atoms with van der Waals surface area (Å²) in [6, 6.07) is 9.13. The number of rotatable bonds is 5. The number of nitrogens with zero attached hydrogens (tertiary/aromatic N) is 3. The van der Waals surface area contributed by atoms with Gasteiger partial charge in [-0.1, -0.05) is 11.6 Å². The third-order valence-corrected chi connectivity index (χ3v) is 7.64. The van der Waals surface area contributed by atoms with E-state index in [4.69, 9.17) is 16.3 Å². The van der Waals surface area contributed by atoms with Crippen molar-refractivity contribution in [2.45, 2.75) is 4.90 Å². The van der Waals surface area contributed by atoms with E-state index in [1.165, 1.54) is 18.1 Å². The topological polar surface area (TPSA) is 71.8 Å². The minimum atomic E-state index is -4.25. The van der Waals surface area contributed by atoms with Gasteiger partial charge in [0.15, 0.2) is 0 Å². The van der Waals surface area contributed by atoms with Crippen molar-refractivity contribution in [1.82, 2.24) is 13.8 Å². The number of amides is 1. The predicted molar refractivity (Wildman–Crippen MR) is 118 cm³/mol. The fraction of sp³-hybridized carbons (Fsp3) is 0.227. The van der Waals surface area contributed by atoms with E-state index in [9.17, 15) is 22.0 Å². The van der Waals surface area contributed by atoms with E-state index in [-0.39, 0.29) is 37.6 Å². The van der Waals surface area contributed by atoms with Crippen LogP contribution in [-0.4, -0.2) is 61.4 Å². The van der Waals surface area contributed by atoms with Gasteiger partial charge in [-0.05, 0) is 36.4 Å². The second kappa shape index (κ2) is 9.12. The summed E-state index contributed by atoms with van der Waals surface area (Å²) in [6.45, 7) is -0.00665. The molecule has 2 aromatic carbocycles. The summed E-state index contributed by atoms with van der Waals surface area (Å²) in [4.78, 5) is 13.9. The standard InChI is InChI=1S/C22H20ClF2N3O4S/c1-32-20-14-19(26-6-2-3-7-26)17(23)13-16(20)22(29)27-8-10-28(11-9-27)33(30,31)21-12-15(24)4-5-18(21)25/h2-7,12-14H,8-11H2,1H3. The van der Waals surface area contributed by atoms with Gasteiger partial charge in [0.1, 0.15) is 22.3 Å². The largest absolute Gasteiger partial charge is 0.496 e. The summed E-state index contributed by atoms with van der Waals surface area (Å²) in [7, 11) is -2.81. The molecule has 0 radical (unpaired) electrons. The summed E-state index contributed by atoms with van der Waals surface area (Å²) in [5, 5.41) is 0.346. The zero-order valence-corrected chi connectivity index (χ0v) is 19.1. The van der Waals surface area contributed by atoms with Crippen molar-refractivity contribution in [3.05, 3.63) is 77.1 Å². The Bertz CT molecular complexity index is 1290. The maximum atomic E-state index is 14.0. The highest BCUT2D eigenvalue weighted by Crippen LogP contribution is 2.31. The van der Waals surface area contributed by atoms with Gasteiger partial charge < -0.3 is 14.2 Å². The molecule has 1 aromatic heterocycles. The molecule has 0 bridgehead atoms. The summed E-state index contributed by atoms with van der Waals surface area (Å²) in [6.07, 6.45) is 3.62. The molecule has 1 aliphatic rings. The number of ether oxygens (including phenoxy) is 1. The monoisotopic (exact) mass is 495 g/mol. The van der Waals surface area contributed by atoms with E-state index in [0.717, 1.165) is 16.4 Å². The molecule has 0 unspecified atom stereocenters. The Labute approximate surface area is 194 Å². The lowest BCUT2D eigenvalue weighted by Crippen LogP contribution is -2.50. The second-order valence-corrected chi connectivity index (χ2v) is 9.68. The summed E-state index contributed by atoms with van der Waals surface area (Å²) >= 11 is 6.41. The molecule has 1 saturated heterocycles. The van der Waals surface area contributed by atoms with Gasteiger partial charge in [-0.25, -0.2) is 17.2 Å². The lowest BCUT2D eigenvalue weighted by molar-refractivity contribution is 0.0694. The van der Waals surface area contributed by atoms with Crippen LogP contribution in [0.15, 0.2) is 59.8 Å². The number of aromatic nitrogens is 1. The number of carbonyl (C=O) groups is 1. The maximum Gasteiger partial charge on any atom is 0.257 e. The van der Waals surface area contributed by atoms with Crippen molar-refractivity contribution in [3.63, 3.8) is 0 Å². The van der Waals surface area contributed by atoms with Crippen molar-refractivity contribution in [2.24, 2.45) is 0 Å². The van der Waals surface area contributed by atoms with Gasteiger partial charge in [0.05, 0.1) is 23.4 Å². The Morgan fingerprint density at radius 2 is 1.70 bits per heavy atom. The molecule has 0 atom stereocenters. The average molecular weight is 496 g/mol. The molecule has 1 aliphatic heterocycles. The second-order valence-electron chi connectivity index (χ2n) is 7.37. The Morgan fingerprint density at radius 3 is 2.33 bits per heavy atom. The van der Waals surface area contributed by atoms with Crippen LogP contribution in [0.4, 0.5) is 8.78 Å². The van der Waals surface area contributed by atoms with E-state index in [1.54, 1.807) is 10.6 Å². The van der Waals surface area contributed by atoms with Gasteiger partial charge in [-0.2, -0.15) is 4.31 Å². The van der Waals surface area contributed by atoms with Crippen molar-refractivity contribution in [3.8, 4) is 11.4 Å². The summed E-state index contributed by atoms with van der Waals surface area (Å²) < 4.78 is 61.3. The first-order valence-electron chi connectivity index (χ1n) is 9.97. The van der Waals surface area contributed by atoms with Gasteiger partial charge in [0.2, 0.25) is 10.0 Å². The Hall–Kier alpha value is -2.95. The fourth-order valence-corrected chi connectivity index (χ4v) is 5.45. The fourth-order valence-electron chi connectivity index (χ4n) is 3.69. The number of hydrogen-bond donors (Lipinski definition) is 0. The van der Waals surface area contributed by atoms with Gasteiger partial charge >= 0.3 is 0 Å². The molecular formula is C22H20ClF2N3O4S. The van der Waals surface area contributed by atoms with Gasteiger partial charge in [-0.15, -0.1) is 0 Å².